The van der Waals surface area contributed by atoms with Gasteiger partial charge in [0, 0.05) is 13.1 Å². The van der Waals surface area contributed by atoms with Gasteiger partial charge in [-0.2, -0.15) is 5.26 Å². The minimum Gasteiger partial charge on any atom is -0.444 e. The zero-order chi connectivity index (χ0) is 17.4. The Morgan fingerprint density at radius 1 is 1.21 bits per heavy atom. The topological polar surface area (TPSA) is 53.3 Å². The first-order chi connectivity index (χ1) is 11.3. The van der Waals surface area contributed by atoms with Crippen molar-refractivity contribution in [3.63, 3.8) is 0 Å². The highest BCUT2D eigenvalue weighted by atomic mass is 16.6. The molecule has 4 nitrogen and oxygen atoms in total. The fourth-order valence-electron chi connectivity index (χ4n) is 3.95. The second kappa shape index (κ2) is 6.12. The lowest BCUT2D eigenvalue weighted by Gasteiger charge is -2.52. The Labute approximate surface area is 144 Å². The number of amides is 1. The van der Waals surface area contributed by atoms with E-state index in [1.165, 1.54) is 18.4 Å². The van der Waals surface area contributed by atoms with Crippen LogP contribution in [0.1, 0.15) is 63.5 Å². The van der Waals surface area contributed by atoms with Crippen LogP contribution in [0.3, 0.4) is 0 Å². The lowest BCUT2D eigenvalue weighted by Crippen LogP contribution is -2.49. The van der Waals surface area contributed by atoms with E-state index in [4.69, 9.17) is 10.00 Å². The van der Waals surface area contributed by atoms with Crippen LogP contribution >= 0.6 is 0 Å². The Morgan fingerprint density at radius 2 is 1.79 bits per heavy atom. The van der Waals surface area contributed by atoms with E-state index in [1.54, 1.807) is 0 Å². The number of hydrogen-bond donors (Lipinski definition) is 0. The van der Waals surface area contributed by atoms with Crippen LogP contribution in [0, 0.1) is 16.7 Å². The van der Waals surface area contributed by atoms with Gasteiger partial charge in [0.2, 0.25) is 0 Å². The van der Waals surface area contributed by atoms with Gasteiger partial charge in [0.15, 0.2) is 0 Å². The SMILES string of the molecule is CC(C)(C)OC(=O)N1CCC2(CC1)CC(c1ccc(C#N)cc1)C2. The second-order valence-electron chi connectivity index (χ2n) is 8.31. The minimum atomic E-state index is -0.427. The third-order valence-corrected chi connectivity index (χ3v) is 5.35. The molecule has 1 spiro atoms. The van der Waals surface area contributed by atoms with Crippen LogP contribution in [-0.2, 0) is 4.74 Å². The van der Waals surface area contributed by atoms with Crippen LogP contribution in [0.4, 0.5) is 4.79 Å². The van der Waals surface area contributed by atoms with E-state index < -0.39 is 5.60 Å². The summed E-state index contributed by atoms with van der Waals surface area (Å²) in [7, 11) is 0. The Morgan fingerprint density at radius 3 is 2.29 bits per heavy atom. The molecule has 0 radical (unpaired) electrons. The van der Waals surface area contributed by atoms with E-state index in [0.29, 0.717) is 11.3 Å². The van der Waals surface area contributed by atoms with Gasteiger partial charge in [-0.05, 0) is 75.5 Å². The van der Waals surface area contributed by atoms with Crippen LogP contribution in [-0.4, -0.2) is 29.7 Å². The molecule has 1 aromatic rings. The number of nitriles is 1. The highest BCUT2D eigenvalue weighted by molar-refractivity contribution is 5.68. The van der Waals surface area contributed by atoms with Crippen LogP contribution in [0.15, 0.2) is 24.3 Å². The molecule has 3 rings (SSSR count). The van der Waals surface area contributed by atoms with Crippen molar-refractivity contribution >= 4 is 6.09 Å². The van der Waals surface area contributed by atoms with Gasteiger partial charge in [0.25, 0.3) is 0 Å². The molecule has 0 bridgehead atoms. The summed E-state index contributed by atoms with van der Waals surface area (Å²) in [4.78, 5) is 14.0. The van der Waals surface area contributed by atoms with Crippen molar-refractivity contribution in [1.82, 2.24) is 4.90 Å². The third-order valence-electron chi connectivity index (χ3n) is 5.35. The number of benzene rings is 1. The number of piperidine rings is 1. The van der Waals surface area contributed by atoms with Crippen molar-refractivity contribution in [1.29, 1.82) is 5.26 Å². The van der Waals surface area contributed by atoms with Gasteiger partial charge < -0.3 is 9.64 Å². The molecule has 1 heterocycles. The highest BCUT2D eigenvalue weighted by Gasteiger charge is 2.47. The van der Waals surface area contributed by atoms with Crippen LogP contribution in [0.25, 0.3) is 0 Å². The van der Waals surface area contributed by atoms with Gasteiger partial charge >= 0.3 is 6.09 Å². The van der Waals surface area contributed by atoms with Crippen molar-refractivity contribution in [3.8, 4) is 6.07 Å². The molecule has 0 N–H and O–H groups in total. The van der Waals surface area contributed by atoms with E-state index in [0.717, 1.165) is 31.5 Å². The normalized spacial score (nSPS) is 20.3. The largest absolute Gasteiger partial charge is 0.444 e. The van der Waals surface area contributed by atoms with E-state index in [1.807, 2.05) is 37.8 Å². The Bertz CT molecular complexity index is 636. The van der Waals surface area contributed by atoms with Gasteiger partial charge in [-0.25, -0.2) is 4.79 Å². The molecule has 128 valence electrons. The maximum atomic E-state index is 12.2. The summed E-state index contributed by atoms with van der Waals surface area (Å²) in [5.74, 6) is 0.603. The van der Waals surface area contributed by atoms with Crippen molar-refractivity contribution in [3.05, 3.63) is 35.4 Å². The molecule has 1 saturated heterocycles. The number of hydrogen-bond acceptors (Lipinski definition) is 3. The zero-order valence-corrected chi connectivity index (χ0v) is 14.8. The molecule has 4 heteroatoms. The minimum absolute atomic E-state index is 0.180. The highest BCUT2D eigenvalue weighted by Crippen LogP contribution is 2.56. The molecule has 1 aliphatic heterocycles. The van der Waals surface area contributed by atoms with Crippen LogP contribution in [0.2, 0.25) is 0 Å². The monoisotopic (exact) mass is 326 g/mol. The van der Waals surface area contributed by atoms with Gasteiger partial charge in [0.1, 0.15) is 5.60 Å². The lowest BCUT2D eigenvalue weighted by atomic mass is 9.56. The van der Waals surface area contributed by atoms with Gasteiger partial charge in [-0.1, -0.05) is 12.1 Å². The van der Waals surface area contributed by atoms with Crippen molar-refractivity contribution in [2.45, 2.75) is 58.0 Å². The Balaban J connectivity index is 1.51. The number of rotatable bonds is 1. The maximum absolute atomic E-state index is 12.2. The maximum Gasteiger partial charge on any atom is 0.410 e. The summed E-state index contributed by atoms with van der Waals surface area (Å²) in [5, 5.41) is 8.88. The molecular weight excluding hydrogens is 300 g/mol. The lowest BCUT2D eigenvalue weighted by molar-refractivity contribution is -0.0121. The van der Waals surface area contributed by atoms with Crippen molar-refractivity contribution < 1.29 is 9.53 Å². The molecule has 2 aliphatic rings. The number of ether oxygens (including phenoxy) is 1. The summed E-state index contributed by atoms with van der Waals surface area (Å²) < 4.78 is 5.47. The first-order valence-corrected chi connectivity index (χ1v) is 8.78. The average Bonchev–Trinajstić information content (AvgIpc) is 2.51. The van der Waals surface area contributed by atoms with Gasteiger partial charge in [-0.15, -0.1) is 0 Å². The molecule has 1 aromatic carbocycles. The zero-order valence-electron chi connectivity index (χ0n) is 14.8. The Kier molecular flexibility index (Phi) is 4.29. The fraction of sp³-hybridized carbons (Fsp3) is 0.600. The summed E-state index contributed by atoms with van der Waals surface area (Å²) >= 11 is 0. The third kappa shape index (κ3) is 3.56. The molecule has 0 atom stereocenters. The van der Waals surface area contributed by atoms with E-state index >= 15 is 0 Å². The molecule has 2 fully saturated rings. The van der Waals surface area contributed by atoms with Crippen molar-refractivity contribution in [2.75, 3.05) is 13.1 Å². The smallest absolute Gasteiger partial charge is 0.410 e. The van der Waals surface area contributed by atoms with Crippen molar-refractivity contribution in [2.24, 2.45) is 5.41 Å². The second-order valence-corrected chi connectivity index (χ2v) is 8.31. The quantitative estimate of drug-likeness (QED) is 0.766. The molecule has 1 saturated carbocycles. The first-order valence-electron chi connectivity index (χ1n) is 8.78. The molecular formula is C20H26N2O2. The van der Waals surface area contributed by atoms with E-state index in [9.17, 15) is 4.79 Å². The standard InChI is InChI=1S/C20H26N2O2/c1-19(2,3)24-18(23)22-10-8-20(9-11-22)12-17(13-20)16-6-4-15(14-21)5-7-16/h4-7,17H,8-13H2,1-3H3. The van der Waals surface area contributed by atoms with Gasteiger partial charge in [-0.3, -0.25) is 0 Å². The summed E-state index contributed by atoms with van der Waals surface area (Å²) in [6.45, 7) is 7.32. The molecule has 24 heavy (non-hydrogen) atoms. The molecule has 1 aliphatic carbocycles. The predicted octanol–water partition coefficient (Wildman–Crippen LogP) is 4.45. The Hall–Kier alpha value is -2.02. The summed E-state index contributed by atoms with van der Waals surface area (Å²) in [5.41, 5.74) is 2.04. The van der Waals surface area contributed by atoms with Gasteiger partial charge in [0.05, 0.1) is 11.6 Å². The van der Waals surface area contributed by atoms with E-state index in [2.05, 4.69) is 18.2 Å². The summed E-state index contributed by atoms with van der Waals surface area (Å²) in [6.07, 6.45) is 4.35. The van der Waals surface area contributed by atoms with Crippen LogP contribution < -0.4 is 0 Å². The number of likely N-dealkylation sites (tertiary alicyclic amines) is 1. The summed E-state index contributed by atoms with van der Waals surface area (Å²) in [6, 6.07) is 10.2. The van der Waals surface area contributed by atoms with E-state index in [-0.39, 0.29) is 6.09 Å². The molecule has 0 unspecified atom stereocenters. The van der Waals surface area contributed by atoms with Crippen LogP contribution in [0.5, 0.6) is 0 Å². The predicted molar refractivity (Wildman–Crippen MR) is 92.6 cm³/mol. The molecule has 0 aromatic heterocycles. The first kappa shape index (κ1) is 16.8. The fourth-order valence-corrected chi connectivity index (χ4v) is 3.95. The number of nitrogens with zero attached hydrogens (tertiary/aromatic N) is 2. The number of carbonyl (C=O) groups excluding carboxylic acids is 1. The number of carbonyl (C=O) groups is 1. The average molecular weight is 326 g/mol. The molecule has 1 amide bonds.